The van der Waals surface area contributed by atoms with E-state index >= 15 is 0 Å². The van der Waals surface area contributed by atoms with Gasteiger partial charge in [0, 0.05) is 6.92 Å². The van der Waals surface area contributed by atoms with E-state index in [2.05, 4.69) is 5.32 Å². The Hall–Kier alpha value is -0.690. The number of hydrogen-bond donors (Lipinski definition) is 3. The molecule has 1 aliphatic heterocycles. The Labute approximate surface area is 107 Å². The summed E-state index contributed by atoms with van der Waals surface area (Å²) in [5, 5.41) is 22.5. The molecule has 1 heterocycles. The Bertz CT molecular complexity index is 284. The number of hydrogen-bond acceptors (Lipinski definition) is 5. The van der Waals surface area contributed by atoms with Crippen molar-refractivity contribution in [3.8, 4) is 0 Å². The third-order valence-electron chi connectivity index (χ3n) is 2.96. The van der Waals surface area contributed by atoms with Gasteiger partial charge in [0.2, 0.25) is 5.91 Å². The van der Waals surface area contributed by atoms with Gasteiger partial charge in [-0.2, -0.15) is 0 Å². The summed E-state index contributed by atoms with van der Waals surface area (Å²) in [7, 11) is 0. The average Bonchev–Trinajstić information content (AvgIpc) is 2.27. The summed E-state index contributed by atoms with van der Waals surface area (Å²) in [5.41, 5.74) is 0. The van der Waals surface area contributed by atoms with Crippen LogP contribution in [0.15, 0.2) is 0 Å². The quantitative estimate of drug-likeness (QED) is 0.630. The SMILES string of the molecule is CC(=O)N[C@@H]1[C@@H](O)[C@@H](O)[C@@H](COC(C)C)O[C@@H]1C. The second kappa shape index (κ2) is 6.47. The molecular formula is C12H23NO5. The summed E-state index contributed by atoms with van der Waals surface area (Å²) in [6.45, 7) is 7.09. The van der Waals surface area contributed by atoms with E-state index < -0.39 is 24.4 Å². The molecule has 0 bridgehead atoms. The minimum atomic E-state index is -1.07. The van der Waals surface area contributed by atoms with Crippen LogP contribution in [0.25, 0.3) is 0 Å². The van der Waals surface area contributed by atoms with Gasteiger partial charge >= 0.3 is 0 Å². The molecule has 0 aromatic carbocycles. The Morgan fingerprint density at radius 1 is 1.39 bits per heavy atom. The molecule has 6 heteroatoms. The Morgan fingerprint density at radius 3 is 2.50 bits per heavy atom. The van der Waals surface area contributed by atoms with Gasteiger partial charge < -0.3 is 25.0 Å². The zero-order valence-corrected chi connectivity index (χ0v) is 11.3. The van der Waals surface area contributed by atoms with Gasteiger partial charge in [-0.1, -0.05) is 0 Å². The van der Waals surface area contributed by atoms with Gasteiger partial charge in [0.25, 0.3) is 0 Å². The van der Waals surface area contributed by atoms with Crippen molar-refractivity contribution in [1.29, 1.82) is 0 Å². The van der Waals surface area contributed by atoms with E-state index in [1.54, 1.807) is 6.92 Å². The molecule has 1 rings (SSSR count). The van der Waals surface area contributed by atoms with Crippen LogP contribution in [-0.2, 0) is 14.3 Å². The Morgan fingerprint density at radius 2 is 2.00 bits per heavy atom. The van der Waals surface area contributed by atoms with Crippen LogP contribution >= 0.6 is 0 Å². The van der Waals surface area contributed by atoms with Crippen molar-refractivity contribution in [2.45, 2.75) is 64.3 Å². The molecule has 106 valence electrons. The first-order valence-corrected chi connectivity index (χ1v) is 6.23. The lowest BCUT2D eigenvalue weighted by Crippen LogP contribution is -2.63. The van der Waals surface area contributed by atoms with Gasteiger partial charge in [0.05, 0.1) is 24.9 Å². The first-order chi connectivity index (χ1) is 8.32. The van der Waals surface area contributed by atoms with Crippen molar-refractivity contribution in [3.63, 3.8) is 0 Å². The van der Waals surface area contributed by atoms with E-state index in [1.165, 1.54) is 6.92 Å². The van der Waals surface area contributed by atoms with E-state index in [0.29, 0.717) is 0 Å². The predicted octanol–water partition coefficient (Wildman–Crippen LogP) is -0.575. The first-order valence-electron chi connectivity index (χ1n) is 6.23. The van der Waals surface area contributed by atoms with Gasteiger partial charge in [-0.15, -0.1) is 0 Å². The predicted molar refractivity (Wildman–Crippen MR) is 65.0 cm³/mol. The zero-order valence-electron chi connectivity index (χ0n) is 11.3. The van der Waals surface area contributed by atoms with E-state index in [4.69, 9.17) is 9.47 Å². The van der Waals surface area contributed by atoms with Crippen LogP contribution < -0.4 is 5.32 Å². The second-order valence-electron chi connectivity index (χ2n) is 4.97. The van der Waals surface area contributed by atoms with E-state index in [1.807, 2.05) is 13.8 Å². The van der Waals surface area contributed by atoms with Crippen LogP contribution in [0.4, 0.5) is 0 Å². The number of carbonyl (C=O) groups excluding carboxylic acids is 1. The summed E-state index contributed by atoms with van der Waals surface area (Å²) >= 11 is 0. The van der Waals surface area contributed by atoms with Crippen molar-refractivity contribution < 1.29 is 24.5 Å². The van der Waals surface area contributed by atoms with Crippen molar-refractivity contribution in [3.05, 3.63) is 0 Å². The van der Waals surface area contributed by atoms with Gasteiger partial charge in [-0.05, 0) is 20.8 Å². The van der Waals surface area contributed by atoms with E-state index in [9.17, 15) is 15.0 Å². The monoisotopic (exact) mass is 261 g/mol. The molecule has 0 aromatic rings. The second-order valence-corrected chi connectivity index (χ2v) is 4.97. The average molecular weight is 261 g/mol. The number of carbonyl (C=O) groups is 1. The highest BCUT2D eigenvalue weighted by Crippen LogP contribution is 2.21. The van der Waals surface area contributed by atoms with Crippen LogP contribution in [0.2, 0.25) is 0 Å². The summed E-state index contributed by atoms with van der Waals surface area (Å²) < 4.78 is 11.0. The standard InChI is InChI=1S/C12H23NO5/c1-6(2)17-5-9-11(15)12(16)10(7(3)18-9)13-8(4)14/h6-7,9-12,15-16H,5H2,1-4H3,(H,13,14)/t7-,9-,10+,11+,12-/m1/s1. The molecule has 1 aliphatic rings. The molecular weight excluding hydrogens is 238 g/mol. The number of rotatable bonds is 4. The molecule has 18 heavy (non-hydrogen) atoms. The third kappa shape index (κ3) is 3.91. The lowest BCUT2D eigenvalue weighted by atomic mass is 9.93. The van der Waals surface area contributed by atoms with Gasteiger partial charge in [0.1, 0.15) is 18.3 Å². The lowest BCUT2D eigenvalue weighted by Gasteiger charge is -2.41. The molecule has 0 saturated carbocycles. The molecule has 0 radical (unpaired) electrons. The van der Waals surface area contributed by atoms with Crippen molar-refractivity contribution in [1.82, 2.24) is 5.32 Å². The Balaban J connectivity index is 2.61. The maximum Gasteiger partial charge on any atom is 0.217 e. The highest BCUT2D eigenvalue weighted by Gasteiger charge is 2.43. The van der Waals surface area contributed by atoms with Crippen LogP contribution in [0.3, 0.4) is 0 Å². The fourth-order valence-corrected chi connectivity index (χ4v) is 2.01. The maximum absolute atomic E-state index is 11.0. The molecule has 1 saturated heterocycles. The molecule has 5 atom stereocenters. The van der Waals surface area contributed by atoms with Crippen molar-refractivity contribution >= 4 is 5.91 Å². The topological polar surface area (TPSA) is 88.0 Å². The third-order valence-corrected chi connectivity index (χ3v) is 2.96. The number of ether oxygens (including phenoxy) is 2. The smallest absolute Gasteiger partial charge is 0.217 e. The molecule has 6 nitrogen and oxygen atoms in total. The van der Waals surface area contributed by atoms with Gasteiger partial charge in [0.15, 0.2) is 0 Å². The largest absolute Gasteiger partial charge is 0.388 e. The van der Waals surface area contributed by atoms with Crippen LogP contribution in [0.1, 0.15) is 27.7 Å². The minimum Gasteiger partial charge on any atom is -0.388 e. The van der Waals surface area contributed by atoms with E-state index in [-0.39, 0.29) is 24.7 Å². The molecule has 0 spiro atoms. The number of nitrogens with one attached hydrogen (secondary N) is 1. The number of aliphatic hydroxyl groups excluding tert-OH is 2. The molecule has 0 aliphatic carbocycles. The first kappa shape index (κ1) is 15.4. The molecule has 0 unspecified atom stereocenters. The molecule has 1 fully saturated rings. The van der Waals surface area contributed by atoms with Gasteiger partial charge in [-0.25, -0.2) is 0 Å². The fourth-order valence-electron chi connectivity index (χ4n) is 2.01. The molecule has 0 aromatic heterocycles. The Kier molecular flexibility index (Phi) is 5.52. The van der Waals surface area contributed by atoms with Gasteiger partial charge in [-0.3, -0.25) is 4.79 Å². The summed E-state index contributed by atoms with van der Waals surface area (Å²) in [5.74, 6) is -0.265. The maximum atomic E-state index is 11.0. The van der Waals surface area contributed by atoms with E-state index in [0.717, 1.165) is 0 Å². The number of amides is 1. The highest BCUT2D eigenvalue weighted by molar-refractivity contribution is 5.73. The zero-order chi connectivity index (χ0) is 13.9. The fraction of sp³-hybridized carbons (Fsp3) is 0.917. The normalized spacial score (nSPS) is 36.7. The lowest BCUT2D eigenvalue weighted by molar-refractivity contribution is -0.198. The van der Waals surface area contributed by atoms with Crippen LogP contribution in [0, 0.1) is 0 Å². The molecule has 3 N–H and O–H groups in total. The highest BCUT2D eigenvalue weighted by atomic mass is 16.6. The minimum absolute atomic E-state index is 0.0290. The number of aliphatic hydroxyl groups is 2. The van der Waals surface area contributed by atoms with Crippen molar-refractivity contribution in [2.75, 3.05) is 6.61 Å². The summed E-state index contributed by atoms with van der Waals surface area (Å²) in [6, 6.07) is -0.604. The summed E-state index contributed by atoms with van der Waals surface area (Å²) in [4.78, 5) is 11.0. The summed E-state index contributed by atoms with van der Waals surface area (Å²) in [6.07, 6.45) is -3.06. The molecule has 1 amide bonds. The van der Waals surface area contributed by atoms with Crippen LogP contribution in [0.5, 0.6) is 0 Å². The van der Waals surface area contributed by atoms with Crippen molar-refractivity contribution in [2.24, 2.45) is 0 Å². The van der Waals surface area contributed by atoms with Crippen LogP contribution in [-0.4, -0.2) is 59.3 Å².